The van der Waals surface area contributed by atoms with E-state index in [4.69, 9.17) is 5.11 Å². The third-order valence-electron chi connectivity index (χ3n) is 5.22. The van der Waals surface area contributed by atoms with Crippen LogP contribution in [-0.4, -0.2) is 53.4 Å². The second-order valence-corrected chi connectivity index (χ2v) is 7.63. The van der Waals surface area contributed by atoms with Crippen LogP contribution in [0.2, 0.25) is 0 Å². The lowest BCUT2D eigenvalue weighted by atomic mass is 9.97. The highest BCUT2D eigenvalue weighted by Gasteiger charge is 2.38. The van der Waals surface area contributed by atoms with Gasteiger partial charge in [-0.25, -0.2) is 18.6 Å². The Labute approximate surface area is 190 Å². The van der Waals surface area contributed by atoms with Crippen LogP contribution in [0, 0.1) is 23.0 Å². The third kappa shape index (κ3) is 5.33. The maximum atomic E-state index is 14.0. The molecule has 2 atom stereocenters. The van der Waals surface area contributed by atoms with Crippen molar-refractivity contribution >= 4 is 17.7 Å². The van der Waals surface area contributed by atoms with Crippen LogP contribution in [0.25, 0.3) is 11.1 Å². The lowest BCUT2D eigenvalue weighted by Gasteiger charge is -2.26. The molecule has 3 N–H and O–H groups in total. The van der Waals surface area contributed by atoms with Gasteiger partial charge in [0.05, 0.1) is 17.3 Å². The van der Waals surface area contributed by atoms with Crippen LogP contribution >= 0.6 is 0 Å². The standard InChI is InChI=1S/C21H18F5N5O3/c1-10(21(24,25)26)29-19(32)15-8-28-16(7-27)17(11-4-12(22)6-13(23)5-11)18(15)31-3-2-14(9-31)30-20(33)34/h4-6,8,10,14,30H,2-3,9H2,1H3,(H,29,32)(H,33,34). The number of nitrogens with one attached hydrogen (secondary N) is 2. The molecule has 3 rings (SSSR count). The molecule has 2 amide bonds. The third-order valence-corrected chi connectivity index (χ3v) is 5.22. The molecule has 1 saturated heterocycles. The minimum atomic E-state index is -4.74. The zero-order valence-corrected chi connectivity index (χ0v) is 17.6. The number of nitriles is 1. The molecule has 0 aliphatic carbocycles. The van der Waals surface area contributed by atoms with E-state index < -0.39 is 41.9 Å². The van der Waals surface area contributed by atoms with Gasteiger partial charge in [0, 0.05) is 30.9 Å². The Hall–Kier alpha value is -3.95. The van der Waals surface area contributed by atoms with Crippen molar-refractivity contribution in [2.45, 2.75) is 31.6 Å². The summed E-state index contributed by atoms with van der Waals surface area (Å²) < 4.78 is 67.0. The fourth-order valence-electron chi connectivity index (χ4n) is 3.66. The predicted octanol–water partition coefficient (Wildman–Crippen LogP) is 3.43. The zero-order valence-electron chi connectivity index (χ0n) is 17.6. The van der Waals surface area contributed by atoms with Crippen LogP contribution in [0.5, 0.6) is 0 Å². The van der Waals surface area contributed by atoms with Gasteiger partial charge in [0.1, 0.15) is 29.4 Å². The van der Waals surface area contributed by atoms with E-state index in [0.29, 0.717) is 6.07 Å². The lowest BCUT2D eigenvalue weighted by Crippen LogP contribution is -2.43. The van der Waals surface area contributed by atoms with Crippen molar-refractivity contribution in [2.75, 3.05) is 18.0 Å². The maximum Gasteiger partial charge on any atom is 0.408 e. The van der Waals surface area contributed by atoms with Crippen LogP contribution < -0.4 is 15.5 Å². The molecule has 0 radical (unpaired) electrons. The fourth-order valence-corrected chi connectivity index (χ4v) is 3.66. The Morgan fingerprint density at radius 2 is 1.91 bits per heavy atom. The van der Waals surface area contributed by atoms with Crippen LogP contribution in [0.15, 0.2) is 24.4 Å². The van der Waals surface area contributed by atoms with E-state index in [9.17, 15) is 36.8 Å². The van der Waals surface area contributed by atoms with Gasteiger partial charge in [-0.05, 0) is 31.0 Å². The normalized spacial score (nSPS) is 16.6. The summed E-state index contributed by atoms with van der Waals surface area (Å²) in [6.07, 6.45) is -4.87. The van der Waals surface area contributed by atoms with Gasteiger partial charge in [0.2, 0.25) is 0 Å². The Balaban J connectivity index is 2.19. The molecule has 34 heavy (non-hydrogen) atoms. The highest BCUT2D eigenvalue weighted by atomic mass is 19.4. The molecule has 1 aromatic carbocycles. The van der Waals surface area contributed by atoms with E-state index in [2.05, 4.69) is 10.3 Å². The van der Waals surface area contributed by atoms with Gasteiger partial charge in [-0.1, -0.05) is 0 Å². The van der Waals surface area contributed by atoms with Gasteiger partial charge in [0.15, 0.2) is 0 Å². The van der Waals surface area contributed by atoms with Crippen LogP contribution in [0.4, 0.5) is 32.4 Å². The summed E-state index contributed by atoms with van der Waals surface area (Å²) in [6.45, 7) is 0.862. The highest BCUT2D eigenvalue weighted by molar-refractivity contribution is 6.04. The number of aromatic nitrogens is 1. The summed E-state index contributed by atoms with van der Waals surface area (Å²) in [6, 6.07) is 1.33. The van der Waals surface area contributed by atoms with Crippen LogP contribution in [0.1, 0.15) is 29.4 Å². The molecule has 2 unspecified atom stereocenters. The average Bonchev–Trinajstić information content (AvgIpc) is 3.18. The minimum absolute atomic E-state index is 0.0128. The first-order valence-corrected chi connectivity index (χ1v) is 9.92. The van der Waals surface area contributed by atoms with E-state index in [0.717, 1.165) is 25.3 Å². The summed E-state index contributed by atoms with van der Waals surface area (Å²) >= 11 is 0. The molecule has 0 spiro atoms. The molecule has 1 aliphatic heterocycles. The molecule has 0 saturated carbocycles. The number of carboxylic acid groups (broad SMARTS) is 1. The molecule has 180 valence electrons. The van der Waals surface area contributed by atoms with Crippen molar-refractivity contribution in [1.29, 1.82) is 5.26 Å². The number of nitrogens with zero attached hydrogens (tertiary/aromatic N) is 3. The Kier molecular flexibility index (Phi) is 6.90. The second kappa shape index (κ2) is 9.50. The van der Waals surface area contributed by atoms with E-state index in [-0.39, 0.29) is 47.6 Å². The van der Waals surface area contributed by atoms with Crippen molar-refractivity contribution < 1.29 is 36.6 Å². The number of carbonyl (C=O) groups excluding carboxylic acids is 1. The highest BCUT2D eigenvalue weighted by Crippen LogP contribution is 2.38. The molecular formula is C21H18F5N5O3. The number of pyridine rings is 1. The number of carbonyl (C=O) groups is 2. The van der Waals surface area contributed by atoms with E-state index >= 15 is 0 Å². The fraction of sp³-hybridized carbons (Fsp3) is 0.333. The van der Waals surface area contributed by atoms with Crippen molar-refractivity contribution in [3.8, 4) is 17.2 Å². The zero-order chi connectivity index (χ0) is 25.2. The summed E-state index contributed by atoms with van der Waals surface area (Å²) in [5.41, 5.74) is -1.10. The molecule has 13 heteroatoms. The monoisotopic (exact) mass is 483 g/mol. The molecule has 8 nitrogen and oxygen atoms in total. The SMILES string of the molecule is CC(NC(=O)c1cnc(C#N)c(-c2cc(F)cc(F)c2)c1N1CCC(NC(=O)O)C1)C(F)(F)F. The van der Waals surface area contributed by atoms with Crippen LogP contribution in [-0.2, 0) is 0 Å². The topological polar surface area (TPSA) is 118 Å². The smallest absolute Gasteiger partial charge is 0.408 e. The quantitative estimate of drug-likeness (QED) is 0.561. The summed E-state index contributed by atoms with van der Waals surface area (Å²) in [4.78, 5) is 29.2. The van der Waals surface area contributed by atoms with Crippen molar-refractivity contribution in [1.82, 2.24) is 15.6 Å². The van der Waals surface area contributed by atoms with Gasteiger partial charge in [-0.15, -0.1) is 0 Å². The van der Waals surface area contributed by atoms with Crippen molar-refractivity contribution in [2.24, 2.45) is 0 Å². The van der Waals surface area contributed by atoms with E-state index in [1.807, 2.05) is 5.32 Å². The average molecular weight is 483 g/mol. The second-order valence-electron chi connectivity index (χ2n) is 7.63. The summed E-state index contributed by atoms with van der Waals surface area (Å²) in [7, 11) is 0. The Morgan fingerprint density at radius 1 is 1.26 bits per heavy atom. The largest absolute Gasteiger partial charge is 0.465 e. The molecule has 2 aromatic rings. The van der Waals surface area contributed by atoms with E-state index in [1.165, 1.54) is 4.90 Å². The first-order valence-electron chi connectivity index (χ1n) is 9.92. The van der Waals surface area contributed by atoms with Gasteiger partial charge in [0.25, 0.3) is 5.91 Å². The van der Waals surface area contributed by atoms with Gasteiger partial charge in [-0.3, -0.25) is 4.79 Å². The van der Waals surface area contributed by atoms with Crippen molar-refractivity contribution in [3.05, 3.63) is 47.3 Å². The molecule has 1 aromatic heterocycles. The number of benzene rings is 1. The molecule has 0 bridgehead atoms. The first kappa shape index (κ1) is 24.7. The van der Waals surface area contributed by atoms with Gasteiger partial charge < -0.3 is 20.6 Å². The number of rotatable bonds is 5. The summed E-state index contributed by atoms with van der Waals surface area (Å²) in [5.74, 6) is -3.15. The van der Waals surface area contributed by atoms with Crippen molar-refractivity contribution in [3.63, 3.8) is 0 Å². The number of hydrogen-bond acceptors (Lipinski definition) is 5. The number of amides is 2. The van der Waals surface area contributed by atoms with Gasteiger partial charge >= 0.3 is 12.3 Å². The van der Waals surface area contributed by atoms with Gasteiger partial charge in [-0.2, -0.15) is 18.4 Å². The summed E-state index contributed by atoms with van der Waals surface area (Å²) in [5, 5.41) is 22.7. The molecule has 1 fully saturated rings. The number of anilines is 1. The number of halogens is 5. The lowest BCUT2D eigenvalue weighted by molar-refractivity contribution is -0.149. The molecule has 1 aliphatic rings. The minimum Gasteiger partial charge on any atom is -0.465 e. The van der Waals surface area contributed by atoms with Crippen LogP contribution in [0.3, 0.4) is 0 Å². The first-order chi connectivity index (χ1) is 15.9. The Bertz CT molecular complexity index is 1140. The number of alkyl halides is 3. The maximum absolute atomic E-state index is 14.0. The number of hydrogen-bond donors (Lipinski definition) is 3. The predicted molar refractivity (Wildman–Crippen MR) is 109 cm³/mol. The molecule has 2 heterocycles. The Morgan fingerprint density at radius 3 is 2.47 bits per heavy atom. The van der Waals surface area contributed by atoms with E-state index in [1.54, 1.807) is 6.07 Å². The molecular weight excluding hydrogens is 465 g/mol.